The third kappa shape index (κ3) is 3.09. The summed E-state index contributed by atoms with van der Waals surface area (Å²) < 4.78 is 0. The van der Waals surface area contributed by atoms with Crippen molar-refractivity contribution in [2.45, 2.75) is 69.6 Å². The van der Waals surface area contributed by atoms with Crippen LogP contribution in [0.15, 0.2) is 36.4 Å². The first-order valence-corrected chi connectivity index (χ1v) is 11.8. The van der Waals surface area contributed by atoms with E-state index >= 15 is 0 Å². The maximum Gasteiger partial charge on any atom is 0.488 e. The van der Waals surface area contributed by atoms with E-state index in [-0.39, 0.29) is 5.41 Å². The van der Waals surface area contributed by atoms with E-state index in [9.17, 15) is 10.0 Å². The molecule has 0 spiro atoms. The third-order valence-corrected chi connectivity index (χ3v) is 8.24. The molecule has 2 saturated carbocycles. The van der Waals surface area contributed by atoms with Crippen LogP contribution >= 0.6 is 11.6 Å². The average molecular weight is 409 g/mol. The zero-order valence-corrected chi connectivity index (χ0v) is 17.8. The Balaban J connectivity index is 1.80. The van der Waals surface area contributed by atoms with Gasteiger partial charge < -0.3 is 10.0 Å². The van der Waals surface area contributed by atoms with Crippen LogP contribution in [0.25, 0.3) is 11.1 Å². The topological polar surface area (TPSA) is 40.5 Å². The summed E-state index contributed by atoms with van der Waals surface area (Å²) in [6.07, 6.45) is 12.9. The van der Waals surface area contributed by atoms with Crippen molar-refractivity contribution >= 4 is 24.2 Å². The number of halogens is 1. The van der Waals surface area contributed by atoms with Crippen LogP contribution in [-0.2, 0) is 5.41 Å². The monoisotopic (exact) mass is 408 g/mol. The summed E-state index contributed by atoms with van der Waals surface area (Å²) in [6, 6.07) is 12.5. The van der Waals surface area contributed by atoms with Crippen molar-refractivity contribution in [3.63, 3.8) is 0 Å². The minimum atomic E-state index is -1.43. The molecule has 0 heterocycles. The summed E-state index contributed by atoms with van der Waals surface area (Å²) in [4.78, 5) is 0. The summed E-state index contributed by atoms with van der Waals surface area (Å²) in [6.45, 7) is 0. The van der Waals surface area contributed by atoms with Gasteiger partial charge in [-0.05, 0) is 77.4 Å². The second-order valence-corrected chi connectivity index (χ2v) is 9.84. The molecular formula is C25H30BClO2. The van der Waals surface area contributed by atoms with Crippen molar-refractivity contribution in [3.8, 4) is 11.1 Å². The van der Waals surface area contributed by atoms with E-state index < -0.39 is 7.12 Å². The first kappa shape index (κ1) is 19.7. The fraction of sp³-hybridized carbons (Fsp3) is 0.520. The summed E-state index contributed by atoms with van der Waals surface area (Å²) in [5.41, 5.74) is 5.89. The van der Waals surface area contributed by atoms with Gasteiger partial charge in [0.2, 0.25) is 0 Å². The van der Waals surface area contributed by atoms with Crippen molar-refractivity contribution in [2.24, 2.45) is 11.8 Å². The zero-order chi connectivity index (χ0) is 20.0. The Morgan fingerprint density at radius 2 is 1.24 bits per heavy atom. The lowest BCUT2D eigenvalue weighted by Gasteiger charge is -2.49. The molecule has 3 aliphatic rings. The van der Waals surface area contributed by atoms with Gasteiger partial charge in [-0.2, -0.15) is 0 Å². The van der Waals surface area contributed by atoms with E-state index in [2.05, 4.69) is 24.3 Å². The molecule has 2 nitrogen and oxygen atoms in total. The molecule has 4 heteroatoms. The van der Waals surface area contributed by atoms with Gasteiger partial charge in [0.15, 0.2) is 0 Å². The van der Waals surface area contributed by atoms with Gasteiger partial charge in [-0.15, -0.1) is 0 Å². The van der Waals surface area contributed by atoms with Crippen LogP contribution in [0.5, 0.6) is 0 Å². The summed E-state index contributed by atoms with van der Waals surface area (Å²) in [5, 5.41) is 20.7. The van der Waals surface area contributed by atoms with Crippen molar-refractivity contribution in [1.29, 1.82) is 0 Å². The van der Waals surface area contributed by atoms with Crippen LogP contribution < -0.4 is 5.46 Å². The largest absolute Gasteiger partial charge is 0.488 e. The fourth-order valence-electron chi connectivity index (χ4n) is 6.87. The molecule has 29 heavy (non-hydrogen) atoms. The van der Waals surface area contributed by atoms with E-state index in [1.165, 1.54) is 86.5 Å². The number of benzene rings is 2. The van der Waals surface area contributed by atoms with Crippen LogP contribution in [0.2, 0.25) is 5.02 Å². The van der Waals surface area contributed by atoms with Crippen LogP contribution in [0, 0.1) is 11.8 Å². The van der Waals surface area contributed by atoms with Gasteiger partial charge in [-0.1, -0.05) is 74.4 Å². The van der Waals surface area contributed by atoms with Crippen LogP contribution in [0.1, 0.15) is 75.3 Å². The molecule has 0 radical (unpaired) electrons. The van der Waals surface area contributed by atoms with Crippen molar-refractivity contribution in [1.82, 2.24) is 0 Å². The average Bonchev–Trinajstić information content (AvgIpc) is 3.04. The summed E-state index contributed by atoms with van der Waals surface area (Å²) in [5.74, 6) is 1.20. The van der Waals surface area contributed by atoms with Gasteiger partial charge in [-0.25, -0.2) is 0 Å². The lowest BCUT2D eigenvalue weighted by molar-refractivity contribution is 0.137. The maximum atomic E-state index is 9.94. The molecule has 5 rings (SSSR count). The highest BCUT2D eigenvalue weighted by atomic mass is 35.5. The molecule has 3 aliphatic carbocycles. The third-order valence-electron chi connectivity index (χ3n) is 8.00. The van der Waals surface area contributed by atoms with Gasteiger partial charge in [0, 0.05) is 10.4 Å². The van der Waals surface area contributed by atoms with Gasteiger partial charge in [0.05, 0.1) is 0 Å². The SMILES string of the molecule is OB(O)c1ccc2c(c1)C(C1CCCCC1)(C1CCCCC1)c1cc(Cl)ccc1-2. The molecule has 0 unspecified atom stereocenters. The molecule has 0 amide bonds. The van der Waals surface area contributed by atoms with E-state index in [0.29, 0.717) is 17.3 Å². The molecule has 0 aromatic heterocycles. The predicted octanol–water partition coefficient (Wildman–Crippen LogP) is 5.45. The highest BCUT2D eigenvalue weighted by molar-refractivity contribution is 6.58. The first-order valence-electron chi connectivity index (χ1n) is 11.4. The Kier molecular flexibility index (Phi) is 5.26. The van der Waals surface area contributed by atoms with Crippen LogP contribution in [0.4, 0.5) is 0 Å². The highest BCUT2D eigenvalue weighted by Gasteiger charge is 2.53. The lowest BCUT2D eigenvalue weighted by Crippen LogP contribution is -2.44. The second kappa shape index (κ2) is 7.76. The van der Waals surface area contributed by atoms with Crippen LogP contribution in [0.3, 0.4) is 0 Å². The molecule has 2 aromatic rings. The van der Waals surface area contributed by atoms with Crippen molar-refractivity contribution in [3.05, 3.63) is 52.5 Å². The highest BCUT2D eigenvalue weighted by Crippen LogP contribution is 2.61. The molecule has 152 valence electrons. The molecule has 2 fully saturated rings. The molecule has 2 aromatic carbocycles. The Morgan fingerprint density at radius 3 is 1.79 bits per heavy atom. The second-order valence-electron chi connectivity index (χ2n) is 9.41. The fourth-order valence-corrected chi connectivity index (χ4v) is 7.04. The molecule has 0 aliphatic heterocycles. The molecule has 2 N–H and O–H groups in total. The molecular weight excluding hydrogens is 379 g/mol. The Morgan fingerprint density at radius 1 is 0.724 bits per heavy atom. The lowest BCUT2D eigenvalue weighted by atomic mass is 9.54. The standard InChI is InChI=1S/C25H30BClO2/c27-20-12-14-22-21-13-11-19(26(28)29)15-23(21)25(24(22)16-20,17-7-3-1-4-8-17)18-9-5-2-6-10-18/h11-18,28-29H,1-10H2. The summed E-state index contributed by atoms with van der Waals surface area (Å²) in [7, 11) is -1.43. The smallest absolute Gasteiger partial charge is 0.423 e. The van der Waals surface area contributed by atoms with Gasteiger partial charge in [0.1, 0.15) is 0 Å². The number of hydrogen-bond acceptors (Lipinski definition) is 2. The van der Waals surface area contributed by atoms with Gasteiger partial charge in [0.25, 0.3) is 0 Å². The molecule has 0 saturated heterocycles. The van der Waals surface area contributed by atoms with Gasteiger partial charge in [-0.3, -0.25) is 0 Å². The van der Waals surface area contributed by atoms with Crippen molar-refractivity contribution in [2.75, 3.05) is 0 Å². The van der Waals surface area contributed by atoms with E-state index in [4.69, 9.17) is 11.6 Å². The van der Waals surface area contributed by atoms with E-state index in [0.717, 1.165) is 5.02 Å². The predicted molar refractivity (Wildman–Crippen MR) is 121 cm³/mol. The first-order chi connectivity index (χ1) is 14.1. The van der Waals surface area contributed by atoms with Gasteiger partial charge >= 0.3 is 7.12 Å². The Hall–Kier alpha value is -1.29. The zero-order valence-electron chi connectivity index (χ0n) is 17.0. The minimum Gasteiger partial charge on any atom is -0.423 e. The molecule has 0 atom stereocenters. The normalized spacial score (nSPS) is 21.6. The van der Waals surface area contributed by atoms with E-state index in [1.54, 1.807) is 0 Å². The van der Waals surface area contributed by atoms with E-state index in [1.807, 2.05) is 12.1 Å². The van der Waals surface area contributed by atoms with Crippen molar-refractivity contribution < 1.29 is 10.0 Å². The minimum absolute atomic E-state index is 0.0404. The summed E-state index contributed by atoms with van der Waals surface area (Å²) >= 11 is 6.57. The Bertz CT molecular complexity index is 880. The van der Waals surface area contributed by atoms with Crippen LogP contribution in [-0.4, -0.2) is 17.2 Å². The number of rotatable bonds is 3. The number of hydrogen-bond donors (Lipinski definition) is 2. The molecule has 0 bridgehead atoms. The maximum absolute atomic E-state index is 9.94. The quantitative estimate of drug-likeness (QED) is 0.663. The Labute approximate surface area is 179 Å². The number of fused-ring (bicyclic) bond motifs is 3.